The third-order valence-electron chi connectivity index (χ3n) is 5.20. The van der Waals surface area contributed by atoms with Crippen LogP contribution in [-0.2, 0) is 20.2 Å². The average Bonchev–Trinajstić information content (AvgIpc) is 2.74. The lowest BCUT2D eigenvalue weighted by Crippen LogP contribution is -2.44. The standard InChI is InChI=1S/C21H27NO5S/c1-3-27-19-8-10-20(11-9-19)28(23,24)22-16-21(12-14-26-15-13-21)17-4-6-18(25-2)7-5-17/h4-11,22H,3,12-16H2,1-2H3. The van der Waals surface area contributed by atoms with Crippen molar-refractivity contribution < 1.29 is 22.6 Å². The van der Waals surface area contributed by atoms with Crippen molar-refractivity contribution in [2.45, 2.75) is 30.1 Å². The number of ether oxygens (including phenoxy) is 3. The molecule has 28 heavy (non-hydrogen) atoms. The van der Waals surface area contributed by atoms with Crippen LogP contribution >= 0.6 is 0 Å². The van der Waals surface area contributed by atoms with E-state index in [9.17, 15) is 8.42 Å². The smallest absolute Gasteiger partial charge is 0.240 e. The Balaban J connectivity index is 1.79. The Kier molecular flexibility index (Phi) is 6.59. The van der Waals surface area contributed by atoms with Gasteiger partial charge in [-0.25, -0.2) is 13.1 Å². The summed E-state index contributed by atoms with van der Waals surface area (Å²) in [5.74, 6) is 1.43. The Morgan fingerprint density at radius 3 is 2.18 bits per heavy atom. The van der Waals surface area contributed by atoms with Crippen molar-refractivity contribution in [3.8, 4) is 11.5 Å². The molecular weight excluding hydrogens is 378 g/mol. The van der Waals surface area contributed by atoms with Crippen molar-refractivity contribution in [2.75, 3.05) is 33.5 Å². The molecule has 6 nitrogen and oxygen atoms in total. The normalized spacial score (nSPS) is 16.5. The first-order valence-corrected chi connectivity index (χ1v) is 10.9. The molecule has 0 radical (unpaired) electrons. The van der Waals surface area contributed by atoms with E-state index in [4.69, 9.17) is 14.2 Å². The maximum atomic E-state index is 12.8. The molecule has 1 saturated heterocycles. The van der Waals surface area contributed by atoms with Crippen molar-refractivity contribution in [1.29, 1.82) is 0 Å². The van der Waals surface area contributed by atoms with Gasteiger partial charge < -0.3 is 14.2 Å². The summed E-state index contributed by atoms with van der Waals surface area (Å²) in [5.41, 5.74) is 0.786. The van der Waals surface area contributed by atoms with E-state index in [0.29, 0.717) is 32.1 Å². The molecule has 152 valence electrons. The third kappa shape index (κ3) is 4.66. The van der Waals surface area contributed by atoms with E-state index in [1.165, 1.54) is 0 Å². The van der Waals surface area contributed by atoms with Crippen LogP contribution in [0.4, 0.5) is 0 Å². The highest BCUT2D eigenvalue weighted by atomic mass is 32.2. The van der Waals surface area contributed by atoms with Crippen molar-refractivity contribution in [3.05, 3.63) is 54.1 Å². The van der Waals surface area contributed by atoms with Gasteiger partial charge in [-0.05, 0) is 61.7 Å². The van der Waals surface area contributed by atoms with E-state index in [1.807, 2.05) is 31.2 Å². The van der Waals surface area contributed by atoms with Gasteiger partial charge in [-0.15, -0.1) is 0 Å². The SMILES string of the molecule is CCOc1ccc(S(=O)(=O)NCC2(c3ccc(OC)cc3)CCOCC2)cc1. The fraction of sp³-hybridized carbons (Fsp3) is 0.429. The molecule has 7 heteroatoms. The minimum absolute atomic E-state index is 0.230. The maximum absolute atomic E-state index is 12.8. The van der Waals surface area contributed by atoms with Crippen LogP contribution < -0.4 is 14.2 Å². The minimum Gasteiger partial charge on any atom is -0.497 e. The molecule has 0 aromatic heterocycles. The van der Waals surface area contributed by atoms with E-state index in [0.717, 1.165) is 24.2 Å². The quantitative estimate of drug-likeness (QED) is 0.730. The van der Waals surface area contributed by atoms with Crippen LogP contribution in [0.1, 0.15) is 25.3 Å². The van der Waals surface area contributed by atoms with Crippen LogP contribution in [0.25, 0.3) is 0 Å². The molecule has 2 aromatic carbocycles. The zero-order valence-corrected chi connectivity index (χ0v) is 17.1. The maximum Gasteiger partial charge on any atom is 0.240 e. The van der Waals surface area contributed by atoms with Gasteiger partial charge in [-0.3, -0.25) is 0 Å². The molecule has 0 atom stereocenters. The monoisotopic (exact) mass is 405 g/mol. The summed E-state index contributed by atoms with van der Waals surface area (Å²) in [6, 6.07) is 14.3. The Morgan fingerprint density at radius 1 is 1.00 bits per heavy atom. The molecule has 1 fully saturated rings. The topological polar surface area (TPSA) is 73.9 Å². The Bertz CT molecular complexity index is 857. The number of benzene rings is 2. The molecule has 0 spiro atoms. The fourth-order valence-corrected chi connectivity index (χ4v) is 4.60. The number of hydrogen-bond acceptors (Lipinski definition) is 5. The van der Waals surface area contributed by atoms with E-state index in [2.05, 4.69) is 4.72 Å². The highest BCUT2D eigenvalue weighted by Crippen LogP contribution is 2.35. The Labute approximate surface area is 166 Å². The first-order valence-electron chi connectivity index (χ1n) is 9.44. The van der Waals surface area contributed by atoms with Gasteiger partial charge in [-0.2, -0.15) is 0 Å². The van der Waals surface area contributed by atoms with Crippen molar-refractivity contribution >= 4 is 10.0 Å². The van der Waals surface area contributed by atoms with Crippen molar-refractivity contribution in [3.63, 3.8) is 0 Å². The first-order chi connectivity index (χ1) is 13.5. The van der Waals surface area contributed by atoms with Gasteiger partial charge >= 0.3 is 0 Å². The van der Waals surface area contributed by atoms with Gasteiger partial charge in [0.15, 0.2) is 0 Å². The first kappa shape index (κ1) is 20.6. The minimum atomic E-state index is -3.62. The molecule has 1 N–H and O–H groups in total. The fourth-order valence-electron chi connectivity index (χ4n) is 3.47. The number of sulfonamides is 1. The molecule has 3 rings (SSSR count). The van der Waals surface area contributed by atoms with Gasteiger partial charge in [0.1, 0.15) is 11.5 Å². The van der Waals surface area contributed by atoms with Gasteiger partial charge in [0.05, 0.1) is 18.6 Å². The second-order valence-corrected chi connectivity index (χ2v) is 8.62. The van der Waals surface area contributed by atoms with Gasteiger partial charge in [0.25, 0.3) is 0 Å². The van der Waals surface area contributed by atoms with E-state index < -0.39 is 10.0 Å². The van der Waals surface area contributed by atoms with Crippen LogP contribution in [0.2, 0.25) is 0 Å². The molecule has 1 heterocycles. The molecule has 0 bridgehead atoms. The van der Waals surface area contributed by atoms with Gasteiger partial charge in [0.2, 0.25) is 10.0 Å². The summed E-state index contributed by atoms with van der Waals surface area (Å²) in [6.07, 6.45) is 1.51. The largest absolute Gasteiger partial charge is 0.497 e. The van der Waals surface area contributed by atoms with Crippen LogP contribution in [-0.4, -0.2) is 41.9 Å². The highest BCUT2D eigenvalue weighted by molar-refractivity contribution is 7.89. The predicted octanol–water partition coefficient (Wildman–Crippen LogP) is 3.12. The number of nitrogens with one attached hydrogen (secondary N) is 1. The van der Waals surface area contributed by atoms with Crippen molar-refractivity contribution in [2.24, 2.45) is 0 Å². The van der Waals surface area contributed by atoms with Gasteiger partial charge in [0, 0.05) is 25.2 Å². The molecule has 0 saturated carbocycles. The lowest BCUT2D eigenvalue weighted by molar-refractivity contribution is 0.0517. The molecular formula is C21H27NO5S. The number of hydrogen-bond donors (Lipinski definition) is 1. The summed E-state index contributed by atoms with van der Waals surface area (Å²) in [6.45, 7) is 3.96. The van der Waals surface area contributed by atoms with Gasteiger partial charge in [-0.1, -0.05) is 12.1 Å². The van der Waals surface area contributed by atoms with Crippen LogP contribution in [0.5, 0.6) is 11.5 Å². The lowest BCUT2D eigenvalue weighted by atomic mass is 9.74. The number of methoxy groups -OCH3 is 1. The lowest BCUT2D eigenvalue weighted by Gasteiger charge is -2.38. The predicted molar refractivity (Wildman–Crippen MR) is 108 cm³/mol. The summed E-state index contributed by atoms with van der Waals surface area (Å²) < 4.78 is 44.6. The highest BCUT2D eigenvalue weighted by Gasteiger charge is 2.35. The van der Waals surface area contributed by atoms with Crippen LogP contribution in [0.3, 0.4) is 0 Å². The second kappa shape index (κ2) is 8.94. The molecule has 1 aliphatic rings. The average molecular weight is 406 g/mol. The van der Waals surface area contributed by atoms with E-state index >= 15 is 0 Å². The molecule has 2 aromatic rings. The van der Waals surface area contributed by atoms with Crippen molar-refractivity contribution in [1.82, 2.24) is 4.72 Å². The van der Waals surface area contributed by atoms with E-state index in [1.54, 1.807) is 31.4 Å². The molecule has 1 aliphatic heterocycles. The summed E-state index contributed by atoms with van der Waals surface area (Å²) in [4.78, 5) is 0.230. The number of rotatable bonds is 8. The summed E-state index contributed by atoms with van der Waals surface area (Å²) in [5, 5.41) is 0. The third-order valence-corrected chi connectivity index (χ3v) is 6.62. The molecule has 0 amide bonds. The Hall–Kier alpha value is -2.09. The Morgan fingerprint density at radius 2 is 1.61 bits per heavy atom. The second-order valence-electron chi connectivity index (χ2n) is 6.85. The molecule has 0 unspecified atom stereocenters. The van der Waals surface area contributed by atoms with Crippen LogP contribution in [0, 0.1) is 0 Å². The summed E-state index contributed by atoms with van der Waals surface area (Å²) >= 11 is 0. The zero-order valence-electron chi connectivity index (χ0n) is 16.3. The summed E-state index contributed by atoms with van der Waals surface area (Å²) in [7, 11) is -1.99. The van der Waals surface area contributed by atoms with Crippen LogP contribution in [0.15, 0.2) is 53.4 Å². The van der Waals surface area contributed by atoms with E-state index in [-0.39, 0.29) is 10.3 Å². The molecule has 0 aliphatic carbocycles. The zero-order chi connectivity index (χ0) is 20.0.